The third-order valence-corrected chi connectivity index (χ3v) is 6.84. The number of esters is 1. The zero-order valence-electron chi connectivity index (χ0n) is 18.5. The van der Waals surface area contributed by atoms with Gasteiger partial charge in [-0.3, -0.25) is 10.1 Å². The van der Waals surface area contributed by atoms with Gasteiger partial charge in [-0.15, -0.1) is 0 Å². The van der Waals surface area contributed by atoms with Crippen LogP contribution in [0.2, 0.25) is 0 Å². The molecule has 0 heterocycles. The van der Waals surface area contributed by atoms with E-state index in [1.165, 1.54) is 5.57 Å². The van der Waals surface area contributed by atoms with Gasteiger partial charge < -0.3 is 9.84 Å². The number of allylic oxidation sites excluding steroid dienone is 3. The predicted octanol–water partition coefficient (Wildman–Crippen LogP) is 5.15. The summed E-state index contributed by atoms with van der Waals surface area (Å²) >= 11 is 0. The van der Waals surface area contributed by atoms with E-state index in [0.29, 0.717) is 30.8 Å². The van der Waals surface area contributed by atoms with Gasteiger partial charge in [-0.1, -0.05) is 45.9 Å². The molecule has 7 atom stereocenters. The van der Waals surface area contributed by atoms with E-state index < -0.39 is 0 Å². The Morgan fingerprint density at radius 2 is 2.07 bits per heavy atom. The van der Waals surface area contributed by atoms with Crippen LogP contribution < -0.4 is 0 Å². The van der Waals surface area contributed by atoms with Crippen molar-refractivity contribution in [2.45, 2.75) is 84.8 Å². The molecular weight excluding hydrogens is 368 g/mol. The number of rotatable bonds is 11. The number of ether oxygens (including phenoxy) is 1. The molecule has 6 unspecified atom stereocenters. The molecule has 0 radical (unpaired) electrons. The first-order valence-electron chi connectivity index (χ1n) is 11.4. The summed E-state index contributed by atoms with van der Waals surface area (Å²) < 4.78 is 5.99. The molecule has 5 heteroatoms. The van der Waals surface area contributed by atoms with E-state index in [9.17, 15) is 9.90 Å². The summed E-state index contributed by atoms with van der Waals surface area (Å²) in [5.74, 6) is 1.14. The molecule has 5 nitrogen and oxygen atoms in total. The maximum Gasteiger partial charge on any atom is 0.308 e. The van der Waals surface area contributed by atoms with Gasteiger partial charge in [0, 0.05) is 5.92 Å². The van der Waals surface area contributed by atoms with Crippen LogP contribution in [0.3, 0.4) is 0 Å². The normalized spacial score (nSPS) is 29.5. The van der Waals surface area contributed by atoms with E-state index in [2.05, 4.69) is 37.0 Å². The van der Waals surface area contributed by atoms with Crippen LogP contribution >= 0.6 is 0 Å². The lowest BCUT2D eigenvalue weighted by atomic mass is 9.66. The number of hydrogen-bond donors (Lipinski definition) is 2. The van der Waals surface area contributed by atoms with E-state index in [1.807, 2.05) is 13.8 Å². The lowest BCUT2D eigenvalue weighted by molar-refractivity contribution is -0.244. The molecular formula is C24H40O5. The zero-order valence-corrected chi connectivity index (χ0v) is 18.5. The van der Waals surface area contributed by atoms with E-state index >= 15 is 0 Å². The fourth-order valence-electron chi connectivity index (χ4n) is 4.72. The van der Waals surface area contributed by atoms with Crippen molar-refractivity contribution in [3.05, 3.63) is 23.8 Å². The van der Waals surface area contributed by atoms with Gasteiger partial charge in [-0.25, -0.2) is 4.89 Å². The molecule has 2 aliphatic rings. The van der Waals surface area contributed by atoms with Crippen molar-refractivity contribution in [3.8, 4) is 0 Å². The third kappa shape index (κ3) is 6.94. The highest BCUT2D eigenvalue weighted by atomic mass is 17.1. The van der Waals surface area contributed by atoms with Crippen LogP contribution in [0.5, 0.6) is 0 Å². The van der Waals surface area contributed by atoms with E-state index in [1.54, 1.807) is 0 Å². The lowest BCUT2D eigenvalue weighted by Gasteiger charge is -2.42. The highest BCUT2D eigenvalue weighted by Gasteiger charge is 2.40. The largest absolute Gasteiger partial charge is 0.461 e. The van der Waals surface area contributed by atoms with Gasteiger partial charge in [0.25, 0.3) is 0 Å². The minimum atomic E-state index is -0.362. The van der Waals surface area contributed by atoms with E-state index in [-0.39, 0.29) is 30.0 Å². The summed E-state index contributed by atoms with van der Waals surface area (Å²) in [6, 6.07) is 0. The molecule has 0 saturated heterocycles. The minimum Gasteiger partial charge on any atom is -0.461 e. The topological polar surface area (TPSA) is 76.0 Å². The summed E-state index contributed by atoms with van der Waals surface area (Å²) in [7, 11) is 0. The van der Waals surface area contributed by atoms with Gasteiger partial charge >= 0.3 is 5.97 Å². The van der Waals surface area contributed by atoms with Crippen LogP contribution in [0, 0.1) is 29.6 Å². The monoisotopic (exact) mass is 408 g/mol. The van der Waals surface area contributed by atoms with Crippen LogP contribution in [-0.4, -0.2) is 35.1 Å². The number of aliphatic hydroxyl groups excluding tert-OH is 1. The molecule has 166 valence electrons. The van der Waals surface area contributed by atoms with E-state index in [4.69, 9.17) is 9.99 Å². The standard InChI is InChI=1S/C24H40O5/c1-5-17(3)24(26)29-22-8-6-7-19-10-9-18(4)21(23(19)22)12-11-20(25)15-16(2)13-14-28-27/h7,9-10,16-18,20-23,25,27H,5-6,8,11-15H2,1-4H3/t16-,17?,18?,20?,21?,22?,23?/m0/s1. The highest BCUT2D eigenvalue weighted by molar-refractivity contribution is 5.72. The molecule has 2 N–H and O–H groups in total. The van der Waals surface area contributed by atoms with Crippen LogP contribution in [0.15, 0.2) is 23.8 Å². The molecule has 0 aromatic carbocycles. The first-order valence-corrected chi connectivity index (χ1v) is 11.4. The van der Waals surface area contributed by atoms with Crippen LogP contribution in [0.4, 0.5) is 0 Å². The Morgan fingerprint density at radius 3 is 2.76 bits per heavy atom. The summed E-state index contributed by atoms with van der Waals surface area (Å²) in [6.45, 7) is 8.55. The molecule has 0 fully saturated rings. The Kier molecular flexibility index (Phi) is 9.87. The predicted molar refractivity (Wildman–Crippen MR) is 114 cm³/mol. The number of hydrogen-bond acceptors (Lipinski definition) is 5. The zero-order chi connectivity index (χ0) is 21.4. The summed E-state index contributed by atoms with van der Waals surface area (Å²) in [5.41, 5.74) is 1.30. The number of carbonyl (C=O) groups is 1. The number of carbonyl (C=O) groups excluding carboxylic acids is 1. The molecule has 0 aromatic heterocycles. The fourth-order valence-corrected chi connectivity index (χ4v) is 4.72. The van der Waals surface area contributed by atoms with Crippen molar-refractivity contribution in [1.29, 1.82) is 0 Å². The smallest absolute Gasteiger partial charge is 0.308 e. The van der Waals surface area contributed by atoms with Crippen molar-refractivity contribution in [1.82, 2.24) is 0 Å². The SMILES string of the molecule is CCC(C)C(=O)OC1CCC=C2C=CC(C)C(CCC(O)C[C@@H](C)CCOO)C21. The molecule has 2 aliphatic carbocycles. The molecule has 0 aliphatic heterocycles. The Hall–Kier alpha value is -1.17. The molecule has 0 aromatic rings. The quantitative estimate of drug-likeness (QED) is 0.281. The first kappa shape index (κ1) is 24.1. The third-order valence-electron chi connectivity index (χ3n) is 6.84. The van der Waals surface area contributed by atoms with E-state index in [0.717, 1.165) is 38.5 Å². The van der Waals surface area contributed by atoms with Crippen molar-refractivity contribution in [2.24, 2.45) is 29.6 Å². The first-order chi connectivity index (χ1) is 13.9. The average molecular weight is 409 g/mol. The number of aliphatic hydroxyl groups is 1. The van der Waals surface area contributed by atoms with Crippen molar-refractivity contribution >= 4 is 5.97 Å². The second kappa shape index (κ2) is 11.9. The molecule has 0 amide bonds. The Labute approximate surface area is 176 Å². The second-order valence-corrected chi connectivity index (χ2v) is 9.17. The van der Waals surface area contributed by atoms with Crippen LogP contribution in [0.25, 0.3) is 0 Å². The van der Waals surface area contributed by atoms with Crippen molar-refractivity contribution in [2.75, 3.05) is 6.61 Å². The average Bonchev–Trinajstić information content (AvgIpc) is 2.71. The van der Waals surface area contributed by atoms with Gasteiger partial charge in [-0.05, 0) is 68.3 Å². The maximum absolute atomic E-state index is 12.5. The maximum atomic E-state index is 12.5. The van der Waals surface area contributed by atoms with Crippen LogP contribution in [-0.2, 0) is 14.4 Å². The summed E-state index contributed by atoms with van der Waals surface area (Å²) in [5, 5.41) is 19.0. The molecule has 0 saturated carbocycles. The van der Waals surface area contributed by atoms with Gasteiger partial charge in [0.05, 0.1) is 18.6 Å². The van der Waals surface area contributed by atoms with Crippen molar-refractivity contribution in [3.63, 3.8) is 0 Å². The minimum absolute atomic E-state index is 0.0633. The summed E-state index contributed by atoms with van der Waals surface area (Å²) in [4.78, 5) is 16.6. The van der Waals surface area contributed by atoms with Gasteiger partial charge in [-0.2, -0.15) is 0 Å². The Morgan fingerprint density at radius 1 is 1.31 bits per heavy atom. The van der Waals surface area contributed by atoms with Gasteiger partial charge in [0.1, 0.15) is 6.10 Å². The Balaban J connectivity index is 2.01. The summed E-state index contributed by atoms with van der Waals surface area (Å²) in [6.07, 6.45) is 12.1. The molecule has 29 heavy (non-hydrogen) atoms. The fraction of sp³-hybridized carbons (Fsp3) is 0.792. The van der Waals surface area contributed by atoms with Gasteiger partial charge in [0.2, 0.25) is 0 Å². The lowest BCUT2D eigenvalue weighted by Crippen LogP contribution is -2.40. The molecule has 0 spiro atoms. The number of fused-ring (bicyclic) bond motifs is 1. The Bertz CT molecular complexity index is 570. The van der Waals surface area contributed by atoms with Gasteiger partial charge in [0.15, 0.2) is 0 Å². The second-order valence-electron chi connectivity index (χ2n) is 9.17. The highest BCUT2D eigenvalue weighted by Crippen LogP contribution is 2.44. The molecule has 0 bridgehead atoms. The van der Waals surface area contributed by atoms with Crippen molar-refractivity contribution < 1.29 is 24.8 Å². The van der Waals surface area contributed by atoms with Crippen LogP contribution in [0.1, 0.15) is 72.6 Å². The molecule has 2 rings (SSSR count).